The Labute approximate surface area is 88.6 Å². The maximum atomic E-state index is 11.5. The molecule has 0 unspecified atom stereocenters. The van der Waals surface area contributed by atoms with Gasteiger partial charge in [-0.15, -0.1) is 0 Å². The molecule has 1 heterocycles. The first-order valence-corrected chi connectivity index (χ1v) is 4.72. The van der Waals surface area contributed by atoms with Crippen LogP contribution in [0, 0.1) is 0 Å². The van der Waals surface area contributed by atoms with Gasteiger partial charge in [0.15, 0.2) is 0 Å². The summed E-state index contributed by atoms with van der Waals surface area (Å²) < 4.78 is 4.86. The van der Waals surface area contributed by atoms with Gasteiger partial charge in [-0.05, 0) is 18.6 Å². The van der Waals surface area contributed by atoms with Gasteiger partial charge in [-0.3, -0.25) is 9.78 Å². The molecule has 0 fully saturated rings. The number of methoxy groups -OCH3 is 1. The van der Waals surface area contributed by atoms with E-state index in [9.17, 15) is 4.79 Å². The summed E-state index contributed by atoms with van der Waals surface area (Å²) in [4.78, 5) is 15.4. The van der Waals surface area contributed by atoms with Gasteiger partial charge in [0.25, 0.3) is 5.91 Å². The van der Waals surface area contributed by atoms with Crippen molar-refractivity contribution >= 4 is 11.6 Å². The molecule has 0 atom stereocenters. The maximum Gasteiger partial charge on any atom is 0.269 e. The highest BCUT2D eigenvalue weighted by atomic mass is 16.5. The highest BCUT2D eigenvalue weighted by Crippen LogP contribution is 2.02. The minimum atomic E-state index is -0.210. The molecule has 5 nitrogen and oxygen atoms in total. The second kappa shape index (κ2) is 5.98. The predicted octanol–water partition coefficient (Wildman–Crippen LogP) is 0.430. The molecular formula is C10H15N3O2. The lowest BCUT2D eigenvalue weighted by molar-refractivity contribution is 0.0943. The van der Waals surface area contributed by atoms with Crippen molar-refractivity contribution in [3.05, 3.63) is 24.0 Å². The average Bonchev–Trinajstić information content (AvgIpc) is 2.24. The fourth-order valence-electron chi connectivity index (χ4n) is 1.08. The van der Waals surface area contributed by atoms with E-state index >= 15 is 0 Å². The van der Waals surface area contributed by atoms with E-state index in [1.165, 1.54) is 6.20 Å². The maximum absolute atomic E-state index is 11.5. The summed E-state index contributed by atoms with van der Waals surface area (Å²) in [6.45, 7) is 1.20. The lowest BCUT2D eigenvalue weighted by Gasteiger charge is -2.04. The Kier molecular flexibility index (Phi) is 4.56. The fourth-order valence-corrected chi connectivity index (χ4v) is 1.08. The number of aromatic nitrogens is 1. The first-order chi connectivity index (χ1) is 7.24. The molecule has 5 heteroatoms. The summed E-state index contributed by atoms with van der Waals surface area (Å²) in [5.74, 6) is -0.210. The number of rotatable bonds is 5. The molecule has 1 rings (SSSR count). The molecule has 3 N–H and O–H groups in total. The molecule has 0 aliphatic rings. The molecule has 0 saturated carbocycles. The molecule has 0 aromatic carbocycles. The van der Waals surface area contributed by atoms with Crippen LogP contribution in [0.5, 0.6) is 0 Å². The van der Waals surface area contributed by atoms with Gasteiger partial charge in [0.2, 0.25) is 0 Å². The van der Waals surface area contributed by atoms with E-state index in [2.05, 4.69) is 10.3 Å². The number of nitrogens with one attached hydrogen (secondary N) is 1. The van der Waals surface area contributed by atoms with Crippen molar-refractivity contribution in [2.24, 2.45) is 0 Å². The van der Waals surface area contributed by atoms with Gasteiger partial charge >= 0.3 is 0 Å². The van der Waals surface area contributed by atoms with E-state index in [1.54, 1.807) is 19.2 Å². The Bertz CT molecular complexity index is 328. The Morgan fingerprint density at radius 1 is 1.67 bits per heavy atom. The fraction of sp³-hybridized carbons (Fsp3) is 0.400. The van der Waals surface area contributed by atoms with E-state index in [1.807, 2.05) is 0 Å². The van der Waals surface area contributed by atoms with Crippen LogP contribution in [0.2, 0.25) is 0 Å². The second-order valence-corrected chi connectivity index (χ2v) is 3.08. The van der Waals surface area contributed by atoms with Crippen LogP contribution < -0.4 is 11.1 Å². The third-order valence-electron chi connectivity index (χ3n) is 1.83. The van der Waals surface area contributed by atoms with Crippen molar-refractivity contribution in [2.75, 3.05) is 26.0 Å². The number of nitrogen functional groups attached to an aromatic ring is 1. The number of pyridine rings is 1. The normalized spacial score (nSPS) is 9.93. The predicted molar refractivity (Wildman–Crippen MR) is 57.5 cm³/mol. The number of carbonyl (C=O) groups is 1. The number of nitrogens with zero attached hydrogens (tertiary/aromatic N) is 1. The van der Waals surface area contributed by atoms with Crippen molar-refractivity contribution in [1.82, 2.24) is 10.3 Å². The third kappa shape index (κ3) is 3.95. The van der Waals surface area contributed by atoms with Gasteiger partial charge < -0.3 is 15.8 Å². The summed E-state index contributed by atoms with van der Waals surface area (Å²) >= 11 is 0. The van der Waals surface area contributed by atoms with Crippen LogP contribution in [0.1, 0.15) is 16.9 Å². The van der Waals surface area contributed by atoms with E-state index in [-0.39, 0.29) is 5.91 Å². The number of anilines is 1. The van der Waals surface area contributed by atoms with Crippen LogP contribution in [0.3, 0.4) is 0 Å². The molecule has 0 aliphatic heterocycles. The second-order valence-electron chi connectivity index (χ2n) is 3.08. The number of hydrogen-bond donors (Lipinski definition) is 2. The lowest BCUT2D eigenvalue weighted by atomic mass is 10.3. The van der Waals surface area contributed by atoms with Crippen molar-refractivity contribution in [2.45, 2.75) is 6.42 Å². The molecule has 0 aliphatic carbocycles. The molecular weight excluding hydrogens is 194 g/mol. The summed E-state index contributed by atoms with van der Waals surface area (Å²) in [6, 6.07) is 3.19. The van der Waals surface area contributed by atoms with Crippen LogP contribution in [-0.4, -0.2) is 31.2 Å². The molecule has 1 amide bonds. The smallest absolute Gasteiger partial charge is 0.269 e. The summed E-state index contributed by atoms with van der Waals surface area (Å²) in [6.07, 6.45) is 2.30. The molecule has 0 spiro atoms. The van der Waals surface area contributed by atoms with Gasteiger partial charge in [-0.1, -0.05) is 0 Å². The van der Waals surface area contributed by atoms with Gasteiger partial charge in [-0.2, -0.15) is 0 Å². The van der Waals surface area contributed by atoms with Crippen LogP contribution in [0.25, 0.3) is 0 Å². The summed E-state index contributed by atoms with van der Waals surface area (Å²) in [5.41, 5.74) is 6.41. The lowest BCUT2D eigenvalue weighted by Crippen LogP contribution is -2.26. The zero-order valence-electron chi connectivity index (χ0n) is 8.69. The van der Waals surface area contributed by atoms with E-state index in [0.717, 1.165) is 6.42 Å². The Hall–Kier alpha value is -1.62. The molecule has 0 bridgehead atoms. The highest BCUT2D eigenvalue weighted by Gasteiger charge is 2.05. The van der Waals surface area contributed by atoms with Gasteiger partial charge in [0.05, 0.1) is 0 Å². The monoisotopic (exact) mass is 209 g/mol. The van der Waals surface area contributed by atoms with Crippen LogP contribution in [0.15, 0.2) is 18.3 Å². The molecule has 1 aromatic heterocycles. The van der Waals surface area contributed by atoms with Gasteiger partial charge in [0.1, 0.15) is 5.69 Å². The van der Waals surface area contributed by atoms with Crippen LogP contribution >= 0.6 is 0 Å². The van der Waals surface area contributed by atoms with Crippen LogP contribution in [0.4, 0.5) is 5.69 Å². The minimum absolute atomic E-state index is 0.210. The first kappa shape index (κ1) is 11.5. The van der Waals surface area contributed by atoms with Gasteiger partial charge in [0, 0.05) is 32.1 Å². The molecule has 82 valence electrons. The quantitative estimate of drug-likeness (QED) is 0.689. The number of hydrogen-bond acceptors (Lipinski definition) is 4. The van der Waals surface area contributed by atoms with E-state index < -0.39 is 0 Å². The number of amides is 1. The van der Waals surface area contributed by atoms with Crippen molar-refractivity contribution < 1.29 is 9.53 Å². The topological polar surface area (TPSA) is 77.2 Å². The van der Waals surface area contributed by atoms with E-state index in [4.69, 9.17) is 10.5 Å². The zero-order chi connectivity index (χ0) is 11.1. The number of nitrogens with two attached hydrogens (primary N) is 1. The van der Waals surface area contributed by atoms with Crippen molar-refractivity contribution in [3.8, 4) is 0 Å². The standard InChI is InChI=1S/C10H15N3O2/c1-15-6-2-4-13-10(14)9-7-8(11)3-5-12-9/h3,5,7H,2,4,6H2,1H3,(H2,11,12)(H,13,14). The third-order valence-corrected chi connectivity index (χ3v) is 1.83. The Morgan fingerprint density at radius 3 is 3.13 bits per heavy atom. The summed E-state index contributed by atoms with van der Waals surface area (Å²) in [5, 5.41) is 2.72. The van der Waals surface area contributed by atoms with Gasteiger partial charge in [-0.25, -0.2) is 0 Å². The Morgan fingerprint density at radius 2 is 2.47 bits per heavy atom. The largest absolute Gasteiger partial charge is 0.399 e. The molecule has 0 saturated heterocycles. The molecule has 1 aromatic rings. The zero-order valence-corrected chi connectivity index (χ0v) is 8.69. The summed E-state index contributed by atoms with van der Waals surface area (Å²) in [7, 11) is 1.63. The first-order valence-electron chi connectivity index (χ1n) is 4.72. The highest BCUT2D eigenvalue weighted by molar-refractivity contribution is 5.92. The molecule has 15 heavy (non-hydrogen) atoms. The number of ether oxygens (including phenoxy) is 1. The SMILES string of the molecule is COCCCNC(=O)c1cc(N)ccn1. The van der Waals surface area contributed by atoms with Crippen molar-refractivity contribution in [3.63, 3.8) is 0 Å². The van der Waals surface area contributed by atoms with Crippen molar-refractivity contribution in [1.29, 1.82) is 0 Å². The van der Waals surface area contributed by atoms with Crippen LogP contribution in [-0.2, 0) is 4.74 Å². The average molecular weight is 209 g/mol. The van der Waals surface area contributed by atoms with E-state index in [0.29, 0.717) is 24.5 Å². The Balaban J connectivity index is 2.40. The molecule has 0 radical (unpaired) electrons. The number of carbonyl (C=O) groups excluding carboxylic acids is 1. The minimum Gasteiger partial charge on any atom is -0.399 e.